The van der Waals surface area contributed by atoms with Gasteiger partial charge in [0, 0.05) is 11.5 Å². The Morgan fingerprint density at radius 2 is 2.08 bits per heavy atom. The number of hydrogen-bond donors (Lipinski definition) is 0. The molecule has 3 aromatic rings. The van der Waals surface area contributed by atoms with Crippen LogP contribution in [-0.4, -0.2) is 28.3 Å². The molecule has 0 unspecified atom stereocenters. The summed E-state index contributed by atoms with van der Waals surface area (Å²) in [4.78, 5) is 4.71. The smallest absolute Gasteiger partial charge is 0.198 e. The van der Waals surface area contributed by atoms with E-state index in [2.05, 4.69) is 19.1 Å². The van der Waals surface area contributed by atoms with Crippen LogP contribution in [0.15, 0.2) is 36.4 Å². The quantitative estimate of drug-likeness (QED) is 0.597. The predicted molar refractivity (Wildman–Crippen MR) is 97.4 cm³/mol. The minimum absolute atomic E-state index is 0.501. The third kappa shape index (κ3) is 3.18. The number of benzene rings is 1. The Labute approximate surface area is 147 Å². The minimum atomic E-state index is 0.501. The summed E-state index contributed by atoms with van der Waals surface area (Å²) in [6.45, 7) is 2.91. The molecule has 2 aromatic heterocycles. The molecule has 4 rings (SSSR count). The standard InChI is InChI=1S/C20H23N3O2/c1-3-4-12-25-16-7-5-6-15(13-16)17-10-11-18(24-2)20-21-19(14-8-9-14)22-23(17)20/h5-7,10-11,13-14H,3-4,8-9,12H2,1-2H3. The van der Waals surface area contributed by atoms with Crippen molar-refractivity contribution in [2.24, 2.45) is 0 Å². The number of pyridine rings is 1. The molecule has 130 valence electrons. The molecule has 2 heterocycles. The van der Waals surface area contributed by atoms with Gasteiger partial charge in [0.25, 0.3) is 0 Å². The fourth-order valence-electron chi connectivity index (χ4n) is 2.93. The Kier molecular flexibility index (Phi) is 4.30. The number of ether oxygens (including phenoxy) is 2. The molecule has 0 spiro atoms. The molecular formula is C20H23N3O2. The highest BCUT2D eigenvalue weighted by Crippen LogP contribution is 2.39. The van der Waals surface area contributed by atoms with Crippen molar-refractivity contribution in [3.05, 3.63) is 42.2 Å². The Bertz CT molecular complexity index is 884. The maximum Gasteiger partial charge on any atom is 0.198 e. The van der Waals surface area contributed by atoms with E-state index in [1.165, 1.54) is 12.8 Å². The van der Waals surface area contributed by atoms with Crippen LogP contribution in [0.1, 0.15) is 44.3 Å². The summed E-state index contributed by atoms with van der Waals surface area (Å²) >= 11 is 0. The molecule has 5 heteroatoms. The van der Waals surface area contributed by atoms with E-state index < -0.39 is 0 Å². The van der Waals surface area contributed by atoms with Crippen LogP contribution in [-0.2, 0) is 0 Å². The van der Waals surface area contributed by atoms with Crippen molar-refractivity contribution >= 4 is 5.65 Å². The van der Waals surface area contributed by atoms with Crippen molar-refractivity contribution in [3.63, 3.8) is 0 Å². The molecule has 5 nitrogen and oxygen atoms in total. The minimum Gasteiger partial charge on any atom is -0.494 e. The highest BCUT2D eigenvalue weighted by molar-refractivity contribution is 5.68. The second kappa shape index (κ2) is 6.75. The van der Waals surface area contributed by atoms with Crippen molar-refractivity contribution in [2.45, 2.75) is 38.5 Å². The van der Waals surface area contributed by atoms with Crippen LogP contribution < -0.4 is 9.47 Å². The van der Waals surface area contributed by atoms with E-state index in [-0.39, 0.29) is 0 Å². The average Bonchev–Trinajstić information content (AvgIpc) is 3.40. The number of aromatic nitrogens is 3. The van der Waals surface area contributed by atoms with Gasteiger partial charge in [-0.1, -0.05) is 25.5 Å². The molecule has 0 aliphatic heterocycles. The van der Waals surface area contributed by atoms with Crippen LogP contribution in [0.3, 0.4) is 0 Å². The first kappa shape index (κ1) is 15.9. The highest BCUT2D eigenvalue weighted by atomic mass is 16.5. The van der Waals surface area contributed by atoms with E-state index in [4.69, 9.17) is 19.6 Å². The molecule has 0 amide bonds. The monoisotopic (exact) mass is 337 g/mol. The lowest BCUT2D eigenvalue weighted by atomic mass is 10.1. The number of methoxy groups -OCH3 is 1. The fraction of sp³-hybridized carbons (Fsp3) is 0.400. The van der Waals surface area contributed by atoms with Crippen LogP contribution in [0.4, 0.5) is 0 Å². The van der Waals surface area contributed by atoms with Crippen molar-refractivity contribution in [1.29, 1.82) is 0 Å². The summed E-state index contributed by atoms with van der Waals surface area (Å²) in [5, 5.41) is 4.75. The van der Waals surface area contributed by atoms with Gasteiger partial charge in [-0.15, -0.1) is 0 Å². The van der Waals surface area contributed by atoms with E-state index >= 15 is 0 Å². The first-order valence-corrected chi connectivity index (χ1v) is 8.97. The Hall–Kier alpha value is -2.56. The number of rotatable bonds is 7. The van der Waals surface area contributed by atoms with Gasteiger partial charge in [0.15, 0.2) is 17.2 Å². The van der Waals surface area contributed by atoms with Crippen molar-refractivity contribution < 1.29 is 9.47 Å². The second-order valence-electron chi connectivity index (χ2n) is 6.50. The third-order valence-electron chi connectivity index (χ3n) is 4.52. The maximum absolute atomic E-state index is 5.85. The summed E-state index contributed by atoms with van der Waals surface area (Å²) in [5.41, 5.74) is 2.84. The van der Waals surface area contributed by atoms with E-state index in [1.54, 1.807) is 7.11 Å². The van der Waals surface area contributed by atoms with Crippen LogP contribution >= 0.6 is 0 Å². The van der Waals surface area contributed by atoms with E-state index in [1.807, 2.05) is 28.8 Å². The molecule has 0 saturated heterocycles. The van der Waals surface area contributed by atoms with Crippen LogP contribution in [0.2, 0.25) is 0 Å². The molecular weight excluding hydrogens is 314 g/mol. The first-order chi connectivity index (χ1) is 12.3. The summed E-state index contributed by atoms with van der Waals surface area (Å²) in [5.74, 6) is 3.05. The fourth-order valence-corrected chi connectivity index (χ4v) is 2.93. The zero-order chi connectivity index (χ0) is 17.2. The zero-order valence-electron chi connectivity index (χ0n) is 14.7. The summed E-state index contributed by atoms with van der Waals surface area (Å²) in [6.07, 6.45) is 4.54. The molecule has 1 saturated carbocycles. The maximum atomic E-state index is 5.85. The lowest BCUT2D eigenvalue weighted by molar-refractivity contribution is 0.309. The Morgan fingerprint density at radius 1 is 1.20 bits per heavy atom. The van der Waals surface area contributed by atoms with Crippen molar-refractivity contribution in [3.8, 4) is 22.8 Å². The van der Waals surface area contributed by atoms with Gasteiger partial charge in [0.2, 0.25) is 0 Å². The van der Waals surface area contributed by atoms with E-state index in [9.17, 15) is 0 Å². The normalized spacial score (nSPS) is 14.0. The molecule has 0 N–H and O–H groups in total. The van der Waals surface area contributed by atoms with Crippen LogP contribution in [0.25, 0.3) is 16.9 Å². The third-order valence-corrected chi connectivity index (χ3v) is 4.52. The molecule has 1 aliphatic rings. The van der Waals surface area contributed by atoms with Gasteiger partial charge in [0.1, 0.15) is 5.75 Å². The largest absolute Gasteiger partial charge is 0.494 e. The van der Waals surface area contributed by atoms with Crippen molar-refractivity contribution in [2.75, 3.05) is 13.7 Å². The molecule has 1 fully saturated rings. The Morgan fingerprint density at radius 3 is 2.84 bits per heavy atom. The highest BCUT2D eigenvalue weighted by Gasteiger charge is 2.29. The van der Waals surface area contributed by atoms with Gasteiger partial charge in [-0.2, -0.15) is 5.10 Å². The summed E-state index contributed by atoms with van der Waals surface area (Å²) in [6, 6.07) is 12.1. The van der Waals surface area contributed by atoms with Gasteiger partial charge in [-0.05, 0) is 43.5 Å². The van der Waals surface area contributed by atoms with Crippen molar-refractivity contribution in [1.82, 2.24) is 14.6 Å². The molecule has 0 bridgehead atoms. The zero-order valence-corrected chi connectivity index (χ0v) is 14.7. The lowest BCUT2D eigenvalue weighted by Gasteiger charge is -2.10. The Balaban J connectivity index is 1.74. The topological polar surface area (TPSA) is 48.7 Å². The molecule has 1 aromatic carbocycles. The SMILES string of the molecule is CCCCOc1cccc(-c2ccc(OC)c3nc(C4CC4)nn23)c1. The second-order valence-corrected chi connectivity index (χ2v) is 6.50. The first-order valence-electron chi connectivity index (χ1n) is 8.97. The summed E-state index contributed by atoms with van der Waals surface area (Å²) in [7, 11) is 1.67. The van der Waals surface area contributed by atoms with Gasteiger partial charge in [0.05, 0.1) is 19.4 Å². The van der Waals surface area contributed by atoms with Gasteiger partial charge >= 0.3 is 0 Å². The average molecular weight is 337 g/mol. The van der Waals surface area contributed by atoms with E-state index in [0.29, 0.717) is 5.92 Å². The molecule has 0 atom stereocenters. The number of unbranched alkanes of at least 4 members (excludes halogenated alkanes) is 1. The molecule has 25 heavy (non-hydrogen) atoms. The van der Waals surface area contributed by atoms with Gasteiger partial charge < -0.3 is 9.47 Å². The van der Waals surface area contributed by atoms with Gasteiger partial charge in [-0.25, -0.2) is 9.50 Å². The number of nitrogens with zero attached hydrogens (tertiary/aromatic N) is 3. The number of fused-ring (bicyclic) bond motifs is 1. The van der Waals surface area contributed by atoms with Crippen LogP contribution in [0, 0.1) is 0 Å². The lowest BCUT2D eigenvalue weighted by Crippen LogP contribution is -1.99. The van der Waals surface area contributed by atoms with Crippen LogP contribution in [0.5, 0.6) is 11.5 Å². The molecule has 1 aliphatic carbocycles. The summed E-state index contributed by atoms with van der Waals surface area (Å²) < 4.78 is 13.2. The van der Waals surface area contributed by atoms with Gasteiger partial charge in [-0.3, -0.25) is 0 Å². The molecule has 0 radical (unpaired) electrons. The number of hydrogen-bond acceptors (Lipinski definition) is 4. The predicted octanol–water partition coefficient (Wildman–Crippen LogP) is 4.46. The van der Waals surface area contributed by atoms with E-state index in [0.717, 1.165) is 53.7 Å².